The van der Waals surface area contributed by atoms with Crippen LogP contribution in [0.2, 0.25) is 5.02 Å². The second kappa shape index (κ2) is 8.95. The lowest BCUT2D eigenvalue weighted by atomic mass is 10.4. The van der Waals surface area contributed by atoms with Gasteiger partial charge in [0.15, 0.2) is 6.61 Å². The van der Waals surface area contributed by atoms with Gasteiger partial charge in [0.1, 0.15) is 0 Å². The molecule has 1 amide bonds. The number of ether oxygens (including phenoxy) is 2. The summed E-state index contributed by atoms with van der Waals surface area (Å²) < 4.78 is 11.7. The van der Waals surface area contributed by atoms with Gasteiger partial charge in [-0.15, -0.1) is 0 Å². The molecule has 0 aliphatic heterocycles. The molecule has 0 atom stereocenters. The maximum absolute atomic E-state index is 11.2. The first-order chi connectivity index (χ1) is 9.11. The Morgan fingerprint density at radius 3 is 2.58 bits per heavy atom. The molecule has 1 rings (SSSR count). The van der Waals surface area contributed by atoms with E-state index in [1.54, 1.807) is 19.1 Å². The number of nitrogens with one attached hydrogen (secondary N) is 1. The molecule has 0 fully saturated rings. The molecule has 1 N–H and O–H groups in total. The van der Waals surface area contributed by atoms with Gasteiger partial charge in [-0.25, -0.2) is 9.59 Å². The lowest BCUT2D eigenvalue weighted by Crippen LogP contribution is -2.21. The van der Waals surface area contributed by atoms with E-state index in [0.29, 0.717) is 5.02 Å². The molecule has 0 aliphatic carbocycles. The molecule has 0 radical (unpaired) electrons. The SMILES string of the molecule is CCOC(=O)COC(=O)NSSc1ccc(Cl)cc1. The Balaban J connectivity index is 2.16. The molecule has 0 heterocycles. The molecule has 0 saturated heterocycles. The Bertz CT molecular complexity index is 427. The highest BCUT2D eigenvalue weighted by atomic mass is 35.5. The number of amides is 1. The van der Waals surface area contributed by atoms with E-state index in [-0.39, 0.29) is 6.61 Å². The minimum Gasteiger partial charge on any atom is -0.463 e. The van der Waals surface area contributed by atoms with E-state index in [9.17, 15) is 9.59 Å². The largest absolute Gasteiger partial charge is 0.463 e. The van der Waals surface area contributed by atoms with Crippen molar-refractivity contribution in [2.45, 2.75) is 11.8 Å². The highest BCUT2D eigenvalue weighted by molar-refractivity contribution is 8.76. The van der Waals surface area contributed by atoms with E-state index in [4.69, 9.17) is 11.6 Å². The van der Waals surface area contributed by atoms with Gasteiger partial charge in [0, 0.05) is 20.9 Å². The molecular weight excluding hydrogens is 310 g/mol. The summed E-state index contributed by atoms with van der Waals surface area (Å²) in [5.74, 6) is -0.576. The van der Waals surface area contributed by atoms with Crippen molar-refractivity contribution in [2.75, 3.05) is 13.2 Å². The zero-order chi connectivity index (χ0) is 14.1. The smallest absolute Gasteiger partial charge is 0.418 e. The van der Waals surface area contributed by atoms with Crippen molar-refractivity contribution < 1.29 is 19.1 Å². The van der Waals surface area contributed by atoms with Gasteiger partial charge in [0.25, 0.3) is 0 Å². The van der Waals surface area contributed by atoms with Crippen LogP contribution in [0.5, 0.6) is 0 Å². The van der Waals surface area contributed by atoms with Gasteiger partial charge in [0.05, 0.1) is 6.61 Å². The predicted octanol–water partition coefficient (Wildman–Crippen LogP) is 3.28. The molecule has 5 nitrogen and oxygen atoms in total. The van der Waals surface area contributed by atoms with Crippen LogP contribution >= 0.6 is 33.4 Å². The second-order valence-corrected chi connectivity index (χ2v) is 5.55. The highest BCUT2D eigenvalue weighted by Crippen LogP contribution is 2.29. The molecule has 104 valence electrons. The van der Waals surface area contributed by atoms with E-state index >= 15 is 0 Å². The fourth-order valence-electron chi connectivity index (χ4n) is 0.950. The third-order valence-corrected chi connectivity index (χ3v) is 3.83. The minimum atomic E-state index is -0.695. The number of rotatable bonds is 6. The average Bonchev–Trinajstić information content (AvgIpc) is 2.39. The monoisotopic (exact) mass is 321 g/mol. The Hall–Kier alpha value is -1.05. The van der Waals surface area contributed by atoms with E-state index in [2.05, 4.69) is 14.2 Å². The fourth-order valence-corrected chi connectivity index (χ4v) is 2.54. The van der Waals surface area contributed by atoms with Crippen molar-refractivity contribution in [1.29, 1.82) is 0 Å². The van der Waals surface area contributed by atoms with E-state index in [1.807, 2.05) is 12.1 Å². The summed E-state index contributed by atoms with van der Waals surface area (Å²) in [5.41, 5.74) is 0. The van der Waals surface area contributed by atoms with Crippen molar-refractivity contribution >= 4 is 45.4 Å². The quantitative estimate of drug-likeness (QED) is 0.493. The molecule has 0 saturated carbocycles. The molecule has 0 spiro atoms. The number of esters is 1. The molecular formula is C11H12ClNO4S2. The Morgan fingerprint density at radius 1 is 1.26 bits per heavy atom. The van der Waals surface area contributed by atoms with Crippen LogP contribution in [0.25, 0.3) is 0 Å². The van der Waals surface area contributed by atoms with Crippen LogP contribution in [-0.2, 0) is 14.3 Å². The molecule has 19 heavy (non-hydrogen) atoms. The van der Waals surface area contributed by atoms with Crippen molar-refractivity contribution in [1.82, 2.24) is 4.72 Å². The molecule has 0 bridgehead atoms. The van der Waals surface area contributed by atoms with E-state index in [0.717, 1.165) is 15.9 Å². The summed E-state index contributed by atoms with van der Waals surface area (Å²) in [6.07, 6.45) is -0.695. The summed E-state index contributed by atoms with van der Waals surface area (Å²) in [4.78, 5) is 23.1. The fraction of sp³-hybridized carbons (Fsp3) is 0.273. The molecule has 1 aromatic rings. The van der Waals surface area contributed by atoms with E-state index in [1.165, 1.54) is 10.8 Å². The third kappa shape index (κ3) is 7.19. The number of benzene rings is 1. The van der Waals surface area contributed by atoms with Crippen LogP contribution in [0, 0.1) is 0 Å². The van der Waals surface area contributed by atoms with Crippen LogP contribution < -0.4 is 4.72 Å². The Kier molecular flexibility index (Phi) is 7.54. The molecule has 0 aromatic heterocycles. The first-order valence-corrected chi connectivity index (χ1v) is 7.82. The molecule has 1 aromatic carbocycles. The Morgan fingerprint density at radius 2 is 1.95 bits per heavy atom. The maximum atomic E-state index is 11.2. The van der Waals surface area contributed by atoms with Gasteiger partial charge >= 0.3 is 12.1 Å². The highest BCUT2D eigenvalue weighted by Gasteiger charge is 2.07. The normalized spacial score (nSPS) is 9.79. The summed E-state index contributed by atoms with van der Waals surface area (Å²) in [6, 6.07) is 7.16. The zero-order valence-corrected chi connectivity index (χ0v) is 12.4. The summed E-state index contributed by atoms with van der Waals surface area (Å²) >= 11 is 5.74. The summed E-state index contributed by atoms with van der Waals surface area (Å²) in [7, 11) is 2.41. The lowest BCUT2D eigenvalue weighted by molar-refractivity contribution is -0.146. The number of hydrogen-bond donors (Lipinski definition) is 1. The topological polar surface area (TPSA) is 64.6 Å². The second-order valence-electron chi connectivity index (χ2n) is 3.10. The number of carbonyl (C=O) groups excluding carboxylic acids is 2. The van der Waals surface area contributed by atoms with Crippen molar-refractivity contribution in [3.8, 4) is 0 Å². The number of halogens is 1. The van der Waals surface area contributed by atoms with Gasteiger partial charge in [-0.3, -0.25) is 4.72 Å². The van der Waals surface area contributed by atoms with E-state index < -0.39 is 18.7 Å². The van der Waals surface area contributed by atoms with Gasteiger partial charge in [0.2, 0.25) is 0 Å². The summed E-state index contributed by atoms with van der Waals surface area (Å²) in [6.45, 7) is 1.54. The van der Waals surface area contributed by atoms with Gasteiger partial charge in [-0.05, 0) is 42.0 Å². The molecule has 0 aliphatic rings. The van der Waals surface area contributed by atoms with Crippen LogP contribution in [0.4, 0.5) is 4.79 Å². The first kappa shape index (κ1) is 16.0. The number of hydrogen-bond acceptors (Lipinski definition) is 6. The van der Waals surface area contributed by atoms with Gasteiger partial charge in [-0.2, -0.15) is 0 Å². The maximum Gasteiger partial charge on any atom is 0.418 e. The van der Waals surface area contributed by atoms with Crippen LogP contribution in [-0.4, -0.2) is 25.3 Å². The van der Waals surface area contributed by atoms with Crippen LogP contribution in [0.15, 0.2) is 29.2 Å². The van der Waals surface area contributed by atoms with Crippen LogP contribution in [0.1, 0.15) is 6.92 Å². The van der Waals surface area contributed by atoms with Crippen molar-refractivity contribution in [2.24, 2.45) is 0 Å². The lowest BCUT2D eigenvalue weighted by Gasteiger charge is -2.05. The average molecular weight is 322 g/mol. The molecule has 0 unspecified atom stereocenters. The van der Waals surface area contributed by atoms with Crippen LogP contribution in [0.3, 0.4) is 0 Å². The zero-order valence-electron chi connectivity index (χ0n) is 10.1. The Labute approximate surface area is 123 Å². The third-order valence-electron chi connectivity index (χ3n) is 1.70. The summed E-state index contributed by atoms with van der Waals surface area (Å²) in [5, 5.41) is 0.649. The molecule has 8 heteroatoms. The van der Waals surface area contributed by atoms with Gasteiger partial charge < -0.3 is 9.47 Å². The van der Waals surface area contributed by atoms with Gasteiger partial charge in [-0.1, -0.05) is 11.6 Å². The predicted molar refractivity (Wildman–Crippen MR) is 76.0 cm³/mol. The first-order valence-electron chi connectivity index (χ1n) is 5.29. The van der Waals surface area contributed by atoms with Crippen molar-refractivity contribution in [3.63, 3.8) is 0 Å². The van der Waals surface area contributed by atoms with Crippen molar-refractivity contribution in [3.05, 3.63) is 29.3 Å². The number of carbonyl (C=O) groups is 2. The standard InChI is InChI=1S/C11H12ClNO4S2/c1-2-16-10(14)7-17-11(15)13-19-18-9-5-3-8(12)4-6-9/h3-6H,2,7H2,1H3,(H,13,15). The minimum absolute atomic E-state index is 0.255.